The predicted octanol–water partition coefficient (Wildman–Crippen LogP) is 2.86. The molecule has 0 aliphatic carbocycles. The molecule has 3 aromatic rings. The SMILES string of the molecule is CC(C)C[C@H]1NC(=O)c2cc(F)ccc2OCCn2cc(nn2)CCN(C(=O)/C=C/c2ccccc2)CCNC1=O. The summed E-state index contributed by atoms with van der Waals surface area (Å²) in [5.41, 5.74) is 1.59. The first-order valence-corrected chi connectivity index (χ1v) is 13.7. The smallest absolute Gasteiger partial charge is 0.255 e. The second-order valence-corrected chi connectivity index (χ2v) is 10.2. The Balaban J connectivity index is 1.55. The Morgan fingerprint density at radius 1 is 1.15 bits per heavy atom. The van der Waals surface area contributed by atoms with E-state index in [1.54, 1.807) is 21.9 Å². The van der Waals surface area contributed by atoms with Gasteiger partial charge in [-0.3, -0.25) is 14.4 Å². The van der Waals surface area contributed by atoms with Crippen molar-refractivity contribution in [3.8, 4) is 5.75 Å². The summed E-state index contributed by atoms with van der Waals surface area (Å²) in [6.45, 7) is 5.17. The van der Waals surface area contributed by atoms with E-state index in [4.69, 9.17) is 4.74 Å². The standard InChI is InChI=1S/C30H35FN6O4/c1-21(2)18-26-30(40)32-13-15-36(28(38)11-8-22-6-4-3-5-7-22)14-12-24-20-37(35-34-24)16-17-41-27-10-9-23(31)19-25(27)29(39)33-26/h3-11,19-21,26H,12-18H2,1-2H3,(H,32,40)(H,33,39)/b11-8+/t26-/m1/s1. The first-order valence-electron chi connectivity index (χ1n) is 13.7. The number of hydrogen-bond donors (Lipinski definition) is 2. The number of rotatable bonds is 4. The molecule has 0 fully saturated rings. The van der Waals surface area contributed by atoms with Crippen molar-refractivity contribution in [1.29, 1.82) is 0 Å². The van der Waals surface area contributed by atoms with Gasteiger partial charge in [0.2, 0.25) is 11.8 Å². The van der Waals surface area contributed by atoms with Gasteiger partial charge in [-0.2, -0.15) is 0 Å². The molecule has 11 heteroatoms. The highest BCUT2D eigenvalue weighted by atomic mass is 19.1. The lowest BCUT2D eigenvalue weighted by molar-refractivity contribution is -0.127. The van der Waals surface area contributed by atoms with Crippen LogP contribution in [0.15, 0.2) is 60.8 Å². The van der Waals surface area contributed by atoms with Crippen LogP contribution >= 0.6 is 0 Å². The number of nitrogens with one attached hydrogen (secondary N) is 2. The van der Waals surface area contributed by atoms with Crippen LogP contribution in [-0.4, -0.2) is 69.9 Å². The van der Waals surface area contributed by atoms with Crippen LogP contribution in [0.5, 0.6) is 5.75 Å². The number of carbonyl (C=O) groups is 3. The second kappa shape index (κ2) is 14.2. The number of nitrogens with zero attached hydrogens (tertiary/aromatic N) is 4. The lowest BCUT2D eigenvalue weighted by Gasteiger charge is -2.24. The number of fused-ring (bicyclic) bond motifs is 3. The monoisotopic (exact) mass is 562 g/mol. The van der Waals surface area contributed by atoms with Gasteiger partial charge in [-0.15, -0.1) is 5.10 Å². The van der Waals surface area contributed by atoms with Gasteiger partial charge in [-0.25, -0.2) is 9.07 Å². The molecule has 0 saturated carbocycles. The molecule has 0 saturated heterocycles. The summed E-state index contributed by atoms with van der Waals surface area (Å²) in [6.07, 6.45) is 5.87. The molecule has 41 heavy (non-hydrogen) atoms. The number of hydrogen-bond acceptors (Lipinski definition) is 6. The van der Waals surface area contributed by atoms with Crippen molar-refractivity contribution < 1.29 is 23.5 Å². The molecule has 216 valence electrons. The molecule has 2 heterocycles. The minimum Gasteiger partial charge on any atom is -0.491 e. The van der Waals surface area contributed by atoms with E-state index in [2.05, 4.69) is 20.9 Å². The molecule has 0 radical (unpaired) electrons. The summed E-state index contributed by atoms with van der Waals surface area (Å²) in [5.74, 6) is -1.51. The molecule has 4 rings (SSSR count). The molecule has 3 amide bonds. The average Bonchev–Trinajstić information content (AvgIpc) is 3.41. The van der Waals surface area contributed by atoms with Crippen molar-refractivity contribution in [2.45, 2.75) is 39.3 Å². The Morgan fingerprint density at radius 2 is 1.95 bits per heavy atom. The quantitative estimate of drug-likeness (QED) is 0.472. The highest BCUT2D eigenvalue weighted by molar-refractivity contribution is 5.99. The van der Waals surface area contributed by atoms with Gasteiger partial charge < -0.3 is 20.3 Å². The van der Waals surface area contributed by atoms with Crippen LogP contribution in [0.3, 0.4) is 0 Å². The Kier molecular flexibility index (Phi) is 10.2. The minimum absolute atomic E-state index is 0.00562. The maximum absolute atomic E-state index is 14.1. The van der Waals surface area contributed by atoms with Gasteiger partial charge >= 0.3 is 0 Å². The third kappa shape index (κ3) is 8.72. The number of amides is 3. The van der Waals surface area contributed by atoms with Crippen molar-refractivity contribution >= 4 is 23.8 Å². The van der Waals surface area contributed by atoms with Gasteiger partial charge in [0.1, 0.15) is 24.2 Å². The minimum atomic E-state index is -0.857. The van der Waals surface area contributed by atoms with Crippen LogP contribution in [0.1, 0.15) is 41.9 Å². The van der Waals surface area contributed by atoms with Crippen molar-refractivity contribution in [2.24, 2.45) is 5.92 Å². The van der Waals surface area contributed by atoms with Crippen LogP contribution < -0.4 is 15.4 Å². The van der Waals surface area contributed by atoms with E-state index in [1.807, 2.05) is 44.2 Å². The third-order valence-corrected chi connectivity index (χ3v) is 6.53. The Labute approximate surface area is 238 Å². The summed E-state index contributed by atoms with van der Waals surface area (Å²) in [6, 6.07) is 12.3. The van der Waals surface area contributed by atoms with Crippen LogP contribution in [0, 0.1) is 11.7 Å². The molecule has 1 aliphatic rings. The predicted molar refractivity (Wildman–Crippen MR) is 151 cm³/mol. The molecule has 10 nitrogen and oxygen atoms in total. The fraction of sp³-hybridized carbons (Fsp3) is 0.367. The van der Waals surface area contributed by atoms with Crippen molar-refractivity contribution in [3.05, 3.63) is 83.4 Å². The van der Waals surface area contributed by atoms with E-state index in [9.17, 15) is 18.8 Å². The Hall–Kier alpha value is -4.54. The molecule has 1 aromatic heterocycles. The normalized spacial score (nSPS) is 17.3. The summed E-state index contributed by atoms with van der Waals surface area (Å²) in [7, 11) is 0. The number of carbonyl (C=O) groups excluding carboxylic acids is 3. The van der Waals surface area contributed by atoms with E-state index >= 15 is 0 Å². The van der Waals surface area contributed by atoms with Crippen LogP contribution in [0.25, 0.3) is 6.08 Å². The number of benzene rings is 2. The van der Waals surface area contributed by atoms with Gasteiger partial charge in [0.05, 0.1) is 17.8 Å². The van der Waals surface area contributed by atoms with E-state index in [0.29, 0.717) is 31.6 Å². The van der Waals surface area contributed by atoms with Gasteiger partial charge in [0.15, 0.2) is 0 Å². The second-order valence-electron chi connectivity index (χ2n) is 10.2. The largest absolute Gasteiger partial charge is 0.491 e. The molecule has 2 aromatic carbocycles. The fourth-order valence-electron chi connectivity index (χ4n) is 4.41. The molecule has 1 atom stereocenters. The molecule has 2 bridgehead atoms. The molecular weight excluding hydrogens is 527 g/mol. The first kappa shape index (κ1) is 29.4. The summed E-state index contributed by atoms with van der Waals surface area (Å²) < 4.78 is 21.5. The lowest BCUT2D eigenvalue weighted by atomic mass is 10.0. The fourth-order valence-corrected chi connectivity index (χ4v) is 4.41. The molecule has 0 spiro atoms. The first-order chi connectivity index (χ1) is 19.8. The number of ether oxygens (including phenoxy) is 1. The maximum atomic E-state index is 14.1. The van der Waals surface area contributed by atoms with Crippen LogP contribution in [0.4, 0.5) is 4.39 Å². The van der Waals surface area contributed by atoms with Gasteiger partial charge in [-0.1, -0.05) is 49.4 Å². The van der Waals surface area contributed by atoms with E-state index < -0.39 is 17.8 Å². The molecule has 0 unspecified atom stereocenters. The summed E-state index contributed by atoms with van der Waals surface area (Å²) in [4.78, 5) is 41.1. The Bertz CT molecular complexity index is 1370. The van der Waals surface area contributed by atoms with Crippen molar-refractivity contribution in [2.75, 3.05) is 26.2 Å². The van der Waals surface area contributed by atoms with E-state index in [0.717, 1.165) is 11.6 Å². The highest BCUT2D eigenvalue weighted by Gasteiger charge is 2.25. The number of halogens is 1. The van der Waals surface area contributed by atoms with E-state index in [-0.39, 0.29) is 48.7 Å². The van der Waals surface area contributed by atoms with Gasteiger partial charge in [0.25, 0.3) is 5.91 Å². The third-order valence-electron chi connectivity index (χ3n) is 6.53. The lowest BCUT2D eigenvalue weighted by Crippen LogP contribution is -2.49. The van der Waals surface area contributed by atoms with Gasteiger partial charge in [-0.05, 0) is 42.2 Å². The molecular formula is C30H35FN6O4. The highest BCUT2D eigenvalue weighted by Crippen LogP contribution is 2.21. The summed E-state index contributed by atoms with van der Waals surface area (Å²) >= 11 is 0. The molecule has 2 N–H and O–H groups in total. The zero-order valence-corrected chi connectivity index (χ0v) is 23.3. The number of aromatic nitrogens is 3. The Morgan fingerprint density at radius 3 is 2.73 bits per heavy atom. The zero-order chi connectivity index (χ0) is 29.2. The molecule has 1 aliphatic heterocycles. The van der Waals surface area contributed by atoms with Crippen molar-refractivity contribution in [3.63, 3.8) is 0 Å². The van der Waals surface area contributed by atoms with Crippen LogP contribution in [0.2, 0.25) is 0 Å². The summed E-state index contributed by atoms with van der Waals surface area (Å²) in [5, 5.41) is 13.9. The average molecular weight is 563 g/mol. The van der Waals surface area contributed by atoms with Gasteiger partial charge in [0, 0.05) is 38.3 Å². The van der Waals surface area contributed by atoms with Crippen LogP contribution in [-0.2, 0) is 22.6 Å². The van der Waals surface area contributed by atoms with E-state index in [1.165, 1.54) is 18.2 Å². The topological polar surface area (TPSA) is 118 Å². The maximum Gasteiger partial charge on any atom is 0.255 e. The zero-order valence-electron chi connectivity index (χ0n) is 23.3. The van der Waals surface area contributed by atoms with Crippen molar-refractivity contribution in [1.82, 2.24) is 30.5 Å².